The zero-order chi connectivity index (χ0) is 15.6. The van der Waals surface area contributed by atoms with Crippen molar-refractivity contribution in [1.82, 2.24) is 4.90 Å². The third kappa shape index (κ3) is 3.97. The summed E-state index contributed by atoms with van der Waals surface area (Å²) in [5.74, 6) is 0. The van der Waals surface area contributed by atoms with Gasteiger partial charge in [0.15, 0.2) is 0 Å². The number of aliphatic hydroxyl groups is 1. The highest BCUT2D eigenvalue weighted by atomic mass is 35.5. The van der Waals surface area contributed by atoms with Crippen LogP contribution >= 0.6 is 23.2 Å². The van der Waals surface area contributed by atoms with E-state index in [0.29, 0.717) is 25.3 Å². The zero-order valence-electron chi connectivity index (χ0n) is 11.6. The Kier molecular flexibility index (Phi) is 5.27. The molecule has 1 heterocycles. The van der Waals surface area contributed by atoms with E-state index in [4.69, 9.17) is 23.2 Å². The Bertz CT molecular complexity index is 508. The molecule has 1 aliphatic rings. The van der Waals surface area contributed by atoms with Gasteiger partial charge in [-0.2, -0.15) is 0 Å². The van der Waals surface area contributed by atoms with Crippen molar-refractivity contribution in [2.24, 2.45) is 0 Å². The van der Waals surface area contributed by atoms with Crippen LogP contribution in [0.25, 0.3) is 0 Å². The minimum atomic E-state index is -0.512. The molecule has 1 aliphatic heterocycles. The van der Waals surface area contributed by atoms with Gasteiger partial charge in [-0.15, -0.1) is 0 Å². The van der Waals surface area contributed by atoms with Gasteiger partial charge in [0.05, 0.1) is 26.8 Å². The predicted molar refractivity (Wildman–Crippen MR) is 83.5 cm³/mol. The Morgan fingerprint density at radius 1 is 1.29 bits per heavy atom. The molecule has 0 radical (unpaired) electrons. The van der Waals surface area contributed by atoms with Crippen LogP contribution in [0, 0.1) is 10.1 Å². The SMILES string of the molecule is C[C@@H](O)CN1CCN(c2c(Cl)cc([N+](=O)[O-])cc2Cl)CC1. The van der Waals surface area contributed by atoms with Crippen molar-refractivity contribution in [2.75, 3.05) is 37.6 Å². The Morgan fingerprint density at radius 3 is 2.24 bits per heavy atom. The first-order valence-corrected chi connectivity index (χ1v) is 7.43. The highest BCUT2D eigenvalue weighted by Gasteiger charge is 2.23. The maximum Gasteiger partial charge on any atom is 0.272 e. The number of non-ortho nitro benzene ring substituents is 1. The van der Waals surface area contributed by atoms with Gasteiger partial charge in [0, 0.05) is 44.9 Å². The molecule has 8 heteroatoms. The number of nitro groups is 1. The summed E-state index contributed by atoms with van der Waals surface area (Å²) in [7, 11) is 0. The molecule has 0 saturated carbocycles. The first-order valence-electron chi connectivity index (χ1n) is 6.67. The Balaban J connectivity index is 2.12. The quantitative estimate of drug-likeness (QED) is 0.676. The van der Waals surface area contributed by atoms with Crippen LogP contribution in [0.2, 0.25) is 10.0 Å². The second-order valence-corrected chi connectivity index (χ2v) is 5.97. The lowest BCUT2D eigenvalue weighted by Crippen LogP contribution is -2.48. The highest BCUT2D eigenvalue weighted by molar-refractivity contribution is 6.39. The van der Waals surface area contributed by atoms with Crippen molar-refractivity contribution in [1.29, 1.82) is 0 Å². The average molecular weight is 334 g/mol. The van der Waals surface area contributed by atoms with Gasteiger partial charge in [-0.05, 0) is 6.92 Å². The van der Waals surface area contributed by atoms with Crippen LogP contribution in [0.5, 0.6) is 0 Å². The molecule has 6 nitrogen and oxygen atoms in total. The molecule has 21 heavy (non-hydrogen) atoms. The summed E-state index contributed by atoms with van der Waals surface area (Å²) in [5, 5.41) is 20.8. The van der Waals surface area contributed by atoms with Crippen molar-refractivity contribution in [2.45, 2.75) is 13.0 Å². The number of benzene rings is 1. The van der Waals surface area contributed by atoms with Crippen LogP contribution in [0.15, 0.2) is 12.1 Å². The molecular weight excluding hydrogens is 317 g/mol. The van der Waals surface area contributed by atoms with Crippen molar-refractivity contribution in [3.8, 4) is 0 Å². The van der Waals surface area contributed by atoms with E-state index in [9.17, 15) is 15.2 Å². The Hall–Kier alpha value is -1.08. The molecule has 1 saturated heterocycles. The van der Waals surface area contributed by atoms with Crippen molar-refractivity contribution in [3.05, 3.63) is 32.3 Å². The lowest BCUT2D eigenvalue weighted by Gasteiger charge is -2.37. The summed E-state index contributed by atoms with van der Waals surface area (Å²) in [6.07, 6.45) is -0.358. The summed E-state index contributed by atoms with van der Waals surface area (Å²) < 4.78 is 0. The third-order valence-electron chi connectivity index (χ3n) is 3.42. The fourth-order valence-electron chi connectivity index (χ4n) is 2.49. The summed E-state index contributed by atoms with van der Waals surface area (Å²) in [4.78, 5) is 14.5. The predicted octanol–water partition coefficient (Wildman–Crippen LogP) is 2.40. The highest BCUT2D eigenvalue weighted by Crippen LogP contribution is 2.37. The molecular formula is C13H17Cl2N3O3. The lowest BCUT2D eigenvalue weighted by molar-refractivity contribution is -0.384. The number of nitro benzene ring substituents is 1. The van der Waals surface area contributed by atoms with E-state index in [0.717, 1.165) is 13.1 Å². The molecule has 1 aromatic carbocycles. The number of anilines is 1. The van der Waals surface area contributed by atoms with Gasteiger partial charge < -0.3 is 10.0 Å². The first kappa shape index (κ1) is 16.3. The molecule has 1 aromatic rings. The summed E-state index contributed by atoms with van der Waals surface area (Å²) in [6, 6.07) is 2.65. The van der Waals surface area contributed by atoms with E-state index in [2.05, 4.69) is 4.90 Å². The topological polar surface area (TPSA) is 69.8 Å². The van der Waals surface area contributed by atoms with Gasteiger partial charge >= 0.3 is 0 Å². The smallest absolute Gasteiger partial charge is 0.272 e. The minimum absolute atomic E-state index is 0.110. The molecule has 0 aromatic heterocycles. The van der Waals surface area contributed by atoms with E-state index >= 15 is 0 Å². The molecule has 0 aliphatic carbocycles. The number of nitrogens with zero attached hydrogens (tertiary/aromatic N) is 3. The van der Waals surface area contributed by atoms with Gasteiger partial charge in [-0.3, -0.25) is 15.0 Å². The lowest BCUT2D eigenvalue weighted by atomic mass is 10.2. The van der Waals surface area contributed by atoms with Crippen LogP contribution < -0.4 is 4.90 Å². The molecule has 0 spiro atoms. The number of hydrogen-bond acceptors (Lipinski definition) is 5. The van der Waals surface area contributed by atoms with Crippen molar-refractivity contribution >= 4 is 34.6 Å². The number of piperazine rings is 1. The van der Waals surface area contributed by atoms with Crippen LogP contribution in [-0.2, 0) is 0 Å². The van der Waals surface area contributed by atoms with E-state index < -0.39 is 4.92 Å². The molecule has 1 fully saturated rings. The minimum Gasteiger partial charge on any atom is -0.392 e. The van der Waals surface area contributed by atoms with Gasteiger partial charge in [0.25, 0.3) is 5.69 Å². The fraction of sp³-hybridized carbons (Fsp3) is 0.538. The van der Waals surface area contributed by atoms with Crippen LogP contribution in [0.3, 0.4) is 0 Å². The molecule has 0 unspecified atom stereocenters. The Morgan fingerprint density at radius 2 is 1.81 bits per heavy atom. The molecule has 1 atom stereocenters. The molecule has 116 valence electrons. The number of β-amino-alcohol motifs (C(OH)–C–C–N with tert-alkyl or cyclic N) is 1. The molecule has 1 N–H and O–H groups in total. The summed E-state index contributed by atoms with van der Waals surface area (Å²) in [6.45, 7) is 5.39. The van der Waals surface area contributed by atoms with Gasteiger partial charge in [-0.1, -0.05) is 23.2 Å². The normalized spacial score (nSPS) is 17.8. The number of rotatable bonds is 4. The molecule has 0 bridgehead atoms. The molecule has 2 rings (SSSR count). The number of hydrogen-bond donors (Lipinski definition) is 1. The maximum absolute atomic E-state index is 10.8. The Labute approximate surface area is 133 Å². The van der Waals surface area contributed by atoms with Crippen molar-refractivity contribution in [3.63, 3.8) is 0 Å². The average Bonchev–Trinajstić information content (AvgIpc) is 2.39. The van der Waals surface area contributed by atoms with E-state index in [1.165, 1.54) is 12.1 Å². The largest absolute Gasteiger partial charge is 0.392 e. The zero-order valence-corrected chi connectivity index (χ0v) is 13.1. The van der Waals surface area contributed by atoms with Gasteiger partial charge in [-0.25, -0.2) is 0 Å². The van der Waals surface area contributed by atoms with Crippen LogP contribution in [-0.4, -0.2) is 53.8 Å². The number of halogens is 2. The fourth-order valence-corrected chi connectivity index (χ4v) is 3.20. The van der Waals surface area contributed by atoms with Crippen molar-refractivity contribution < 1.29 is 10.0 Å². The monoisotopic (exact) mass is 333 g/mol. The van der Waals surface area contributed by atoms with E-state index in [-0.39, 0.29) is 21.8 Å². The number of aliphatic hydroxyl groups excluding tert-OH is 1. The first-order chi connectivity index (χ1) is 9.88. The summed E-state index contributed by atoms with van der Waals surface area (Å²) >= 11 is 12.3. The van der Waals surface area contributed by atoms with Crippen LogP contribution in [0.4, 0.5) is 11.4 Å². The van der Waals surface area contributed by atoms with Crippen LogP contribution in [0.1, 0.15) is 6.92 Å². The van der Waals surface area contributed by atoms with Gasteiger partial charge in [0.1, 0.15) is 0 Å². The summed E-state index contributed by atoms with van der Waals surface area (Å²) in [5.41, 5.74) is 0.530. The standard InChI is InChI=1S/C13H17Cl2N3O3/c1-9(19)8-16-2-4-17(5-3-16)13-11(14)6-10(18(20)21)7-12(13)15/h6-7,9,19H,2-5,8H2,1H3/t9-/m1/s1. The van der Waals surface area contributed by atoms with E-state index in [1.807, 2.05) is 4.90 Å². The maximum atomic E-state index is 10.8. The van der Waals surface area contributed by atoms with Gasteiger partial charge in [0.2, 0.25) is 0 Å². The third-order valence-corrected chi connectivity index (χ3v) is 4.00. The molecule has 0 amide bonds. The second kappa shape index (κ2) is 6.79. The second-order valence-electron chi connectivity index (χ2n) is 5.15. The van der Waals surface area contributed by atoms with E-state index in [1.54, 1.807) is 6.92 Å².